The van der Waals surface area contributed by atoms with Crippen LogP contribution in [0.25, 0.3) is 0 Å². The summed E-state index contributed by atoms with van der Waals surface area (Å²) in [6.45, 7) is 4.18. The van der Waals surface area contributed by atoms with Gasteiger partial charge in [0.15, 0.2) is 0 Å². The summed E-state index contributed by atoms with van der Waals surface area (Å²) >= 11 is 5.39. The highest BCUT2D eigenvalue weighted by Gasteiger charge is 2.42. The van der Waals surface area contributed by atoms with Crippen molar-refractivity contribution in [3.63, 3.8) is 0 Å². The number of halogens is 1. The molecule has 112 valence electrons. The molecule has 2 atom stereocenters. The Kier molecular flexibility index (Phi) is 4.86. The van der Waals surface area contributed by atoms with Crippen LogP contribution in [0, 0.1) is 5.92 Å². The maximum atomic E-state index is 6.19. The molecule has 20 heavy (non-hydrogen) atoms. The van der Waals surface area contributed by atoms with E-state index in [0.717, 1.165) is 13.2 Å². The van der Waals surface area contributed by atoms with Crippen LogP contribution >= 0.6 is 27.3 Å². The van der Waals surface area contributed by atoms with E-state index in [0.29, 0.717) is 12.0 Å². The first kappa shape index (κ1) is 15.0. The Morgan fingerprint density at radius 2 is 2.30 bits per heavy atom. The van der Waals surface area contributed by atoms with Crippen molar-refractivity contribution in [2.75, 3.05) is 13.2 Å². The molecule has 2 aliphatic rings. The number of hydrogen-bond donors (Lipinski definition) is 1. The van der Waals surface area contributed by atoms with Crippen LogP contribution in [0.4, 0.5) is 0 Å². The molecule has 4 heteroatoms. The van der Waals surface area contributed by atoms with E-state index in [-0.39, 0.29) is 5.60 Å². The molecule has 2 heterocycles. The molecule has 0 amide bonds. The lowest BCUT2D eigenvalue weighted by atomic mass is 9.79. The number of thiophene rings is 1. The maximum absolute atomic E-state index is 6.19. The van der Waals surface area contributed by atoms with Crippen molar-refractivity contribution >= 4 is 27.3 Å². The van der Waals surface area contributed by atoms with Gasteiger partial charge in [-0.1, -0.05) is 19.8 Å². The molecule has 3 rings (SSSR count). The van der Waals surface area contributed by atoms with Crippen molar-refractivity contribution in [3.8, 4) is 0 Å². The van der Waals surface area contributed by atoms with Gasteiger partial charge in [-0.25, -0.2) is 0 Å². The van der Waals surface area contributed by atoms with Crippen LogP contribution < -0.4 is 5.32 Å². The molecule has 1 aromatic rings. The Morgan fingerprint density at radius 1 is 1.50 bits per heavy atom. The van der Waals surface area contributed by atoms with Gasteiger partial charge in [-0.3, -0.25) is 0 Å². The Balaban J connectivity index is 1.76. The van der Waals surface area contributed by atoms with Crippen molar-refractivity contribution < 1.29 is 4.74 Å². The molecule has 2 nitrogen and oxygen atoms in total. The first-order valence-electron chi connectivity index (χ1n) is 7.84. The van der Waals surface area contributed by atoms with Crippen LogP contribution in [0.15, 0.2) is 15.2 Å². The fourth-order valence-corrected chi connectivity index (χ4v) is 5.19. The van der Waals surface area contributed by atoms with E-state index in [1.165, 1.54) is 47.9 Å². The molecule has 2 unspecified atom stereocenters. The third-order valence-corrected chi connectivity index (χ3v) is 6.41. The molecule has 1 aromatic heterocycles. The molecular weight excluding hydrogens is 334 g/mol. The quantitative estimate of drug-likeness (QED) is 0.827. The highest BCUT2D eigenvalue weighted by molar-refractivity contribution is 9.11. The largest absolute Gasteiger partial charge is 0.375 e. The molecule has 1 spiro atoms. The SMILES string of the molecule is CCNC(c1csc(Br)c1)C1CCOC2(CCCC2)C1. The summed E-state index contributed by atoms with van der Waals surface area (Å²) in [5, 5.41) is 6.02. The van der Waals surface area contributed by atoms with E-state index in [4.69, 9.17) is 4.74 Å². The van der Waals surface area contributed by atoms with Gasteiger partial charge in [0.1, 0.15) is 0 Å². The van der Waals surface area contributed by atoms with Gasteiger partial charge in [0, 0.05) is 12.6 Å². The van der Waals surface area contributed by atoms with Gasteiger partial charge in [-0.05, 0) is 71.1 Å². The Bertz CT molecular complexity index is 441. The van der Waals surface area contributed by atoms with Crippen LogP contribution in [0.5, 0.6) is 0 Å². The van der Waals surface area contributed by atoms with Crippen LogP contribution in [-0.4, -0.2) is 18.8 Å². The zero-order chi connectivity index (χ0) is 14.0. The van der Waals surface area contributed by atoms with E-state index in [1.54, 1.807) is 11.3 Å². The minimum absolute atomic E-state index is 0.212. The molecule has 1 saturated heterocycles. The summed E-state index contributed by atoms with van der Waals surface area (Å²) < 4.78 is 7.43. The second-order valence-electron chi connectivity index (χ2n) is 6.21. The zero-order valence-corrected chi connectivity index (χ0v) is 14.6. The van der Waals surface area contributed by atoms with Crippen LogP contribution in [0.2, 0.25) is 0 Å². The summed E-state index contributed by atoms with van der Waals surface area (Å²) in [5.74, 6) is 0.711. The summed E-state index contributed by atoms with van der Waals surface area (Å²) in [6, 6.07) is 2.78. The molecule has 2 fully saturated rings. The third kappa shape index (κ3) is 3.13. The number of hydrogen-bond acceptors (Lipinski definition) is 3. The average Bonchev–Trinajstić information content (AvgIpc) is 3.06. The van der Waals surface area contributed by atoms with Gasteiger partial charge in [0.05, 0.1) is 9.39 Å². The molecular formula is C16H24BrNOS. The lowest BCUT2D eigenvalue weighted by Crippen LogP contribution is -2.41. The fourth-order valence-electron chi connectivity index (χ4n) is 3.98. The molecule has 0 bridgehead atoms. The summed E-state index contributed by atoms with van der Waals surface area (Å²) in [5.41, 5.74) is 1.66. The molecule has 0 radical (unpaired) electrons. The Morgan fingerprint density at radius 3 is 2.95 bits per heavy atom. The van der Waals surface area contributed by atoms with E-state index in [2.05, 4.69) is 39.6 Å². The van der Waals surface area contributed by atoms with Crippen molar-refractivity contribution in [2.45, 2.75) is 57.1 Å². The predicted molar refractivity (Wildman–Crippen MR) is 88.3 cm³/mol. The van der Waals surface area contributed by atoms with Gasteiger partial charge in [0.25, 0.3) is 0 Å². The number of ether oxygens (including phenoxy) is 1. The van der Waals surface area contributed by atoms with Gasteiger partial charge in [-0.2, -0.15) is 0 Å². The second-order valence-corrected chi connectivity index (χ2v) is 8.50. The van der Waals surface area contributed by atoms with E-state index in [9.17, 15) is 0 Å². The van der Waals surface area contributed by atoms with Gasteiger partial charge in [0.2, 0.25) is 0 Å². The van der Waals surface area contributed by atoms with Crippen molar-refractivity contribution in [1.82, 2.24) is 5.32 Å². The minimum Gasteiger partial charge on any atom is -0.375 e. The van der Waals surface area contributed by atoms with Crippen molar-refractivity contribution in [2.24, 2.45) is 5.92 Å². The second kappa shape index (κ2) is 6.47. The van der Waals surface area contributed by atoms with Crippen molar-refractivity contribution in [1.29, 1.82) is 0 Å². The predicted octanol–water partition coefficient (Wildman–Crippen LogP) is 4.90. The zero-order valence-electron chi connectivity index (χ0n) is 12.2. The van der Waals surface area contributed by atoms with E-state index < -0.39 is 0 Å². The maximum Gasteiger partial charge on any atom is 0.0701 e. The minimum atomic E-state index is 0.212. The smallest absolute Gasteiger partial charge is 0.0701 e. The van der Waals surface area contributed by atoms with Gasteiger partial charge >= 0.3 is 0 Å². The van der Waals surface area contributed by atoms with Crippen molar-refractivity contribution in [3.05, 3.63) is 20.8 Å². The summed E-state index contributed by atoms with van der Waals surface area (Å²) in [6.07, 6.45) is 7.67. The average molecular weight is 358 g/mol. The number of nitrogens with one attached hydrogen (secondary N) is 1. The van der Waals surface area contributed by atoms with Crippen LogP contribution in [0.1, 0.15) is 57.1 Å². The molecule has 1 saturated carbocycles. The summed E-state index contributed by atoms with van der Waals surface area (Å²) in [7, 11) is 0. The van der Waals surface area contributed by atoms with Crippen LogP contribution in [-0.2, 0) is 4.74 Å². The highest BCUT2D eigenvalue weighted by atomic mass is 79.9. The highest BCUT2D eigenvalue weighted by Crippen LogP contribution is 2.45. The molecule has 0 aromatic carbocycles. The Labute approximate surface area is 134 Å². The Hall–Kier alpha value is 0.1000. The monoisotopic (exact) mass is 357 g/mol. The molecule has 1 aliphatic heterocycles. The third-order valence-electron chi connectivity index (χ3n) is 4.89. The number of rotatable bonds is 4. The molecule has 1 aliphatic carbocycles. The van der Waals surface area contributed by atoms with E-state index >= 15 is 0 Å². The topological polar surface area (TPSA) is 21.3 Å². The van der Waals surface area contributed by atoms with E-state index in [1.807, 2.05) is 0 Å². The lowest BCUT2D eigenvalue weighted by Gasteiger charge is -2.41. The summed E-state index contributed by atoms with van der Waals surface area (Å²) in [4.78, 5) is 0. The molecule has 1 N–H and O–H groups in total. The van der Waals surface area contributed by atoms with Crippen LogP contribution in [0.3, 0.4) is 0 Å². The first-order chi connectivity index (χ1) is 9.72. The fraction of sp³-hybridized carbons (Fsp3) is 0.750. The van der Waals surface area contributed by atoms with Gasteiger partial charge < -0.3 is 10.1 Å². The standard InChI is InChI=1S/C16H24BrNOS/c1-2-18-15(13-9-14(17)20-11-13)12-5-8-19-16(10-12)6-3-4-7-16/h9,11-12,15,18H,2-8,10H2,1H3. The first-order valence-corrected chi connectivity index (χ1v) is 9.51. The van der Waals surface area contributed by atoms with Gasteiger partial charge in [-0.15, -0.1) is 11.3 Å². The normalized spacial score (nSPS) is 27.0. The lowest BCUT2D eigenvalue weighted by molar-refractivity contribution is -0.0981.